The van der Waals surface area contributed by atoms with Crippen molar-refractivity contribution in [1.29, 1.82) is 0 Å². The van der Waals surface area contributed by atoms with Crippen LogP contribution in [0.25, 0.3) is 0 Å². The normalized spacial score (nSPS) is 26.7. The van der Waals surface area contributed by atoms with E-state index in [-0.39, 0.29) is 6.42 Å². The molecule has 0 bridgehead atoms. The van der Waals surface area contributed by atoms with Crippen molar-refractivity contribution in [1.82, 2.24) is 4.90 Å². The molecule has 2 aliphatic heterocycles. The number of fused-ring (bicyclic) bond motifs is 1. The van der Waals surface area contributed by atoms with Gasteiger partial charge in [0.05, 0.1) is 5.92 Å². The van der Waals surface area contributed by atoms with Gasteiger partial charge < -0.3 is 5.32 Å². The lowest BCUT2D eigenvalue weighted by Crippen LogP contribution is -2.56. The van der Waals surface area contributed by atoms with Crippen LogP contribution in [0.2, 0.25) is 0 Å². The second kappa shape index (κ2) is 5.40. The van der Waals surface area contributed by atoms with Crippen LogP contribution in [-0.4, -0.2) is 30.7 Å². The van der Waals surface area contributed by atoms with E-state index in [2.05, 4.69) is 28.4 Å². The van der Waals surface area contributed by atoms with Gasteiger partial charge in [-0.05, 0) is 48.8 Å². The molecular formula is C18H23F3N2. The summed E-state index contributed by atoms with van der Waals surface area (Å²) in [6.45, 7) is 2.88. The van der Waals surface area contributed by atoms with Gasteiger partial charge in [0, 0.05) is 25.3 Å². The van der Waals surface area contributed by atoms with E-state index in [0.717, 1.165) is 38.8 Å². The third kappa shape index (κ3) is 2.63. The van der Waals surface area contributed by atoms with Gasteiger partial charge in [0.15, 0.2) is 0 Å². The maximum absolute atomic E-state index is 13.4. The molecule has 1 aromatic carbocycles. The van der Waals surface area contributed by atoms with Crippen LogP contribution in [0.4, 0.5) is 18.9 Å². The van der Waals surface area contributed by atoms with Crippen molar-refractivity contribution in [3.05, 3.63) is 29.3 Å². The van der Waals surface area contributed by atoms with Gasteiger partial charge in [-0.3, -0.25) is 4.90 Å². The maximum Gasteiger partial charge on any atom is 0.392 e. The molecule has 5 heteroatoms. The van der Waals surface area contributed by atoms with Gasteiger partial charge >= 0.3 is 6.18 Å². The van der Waals surface area contributed by atoms with Crippen molar-refractivity contribution in [2.75, 3.05) is 25.0 Å². The highest BCUT2D eigenvalue weighted by Gasteiger charge is 2.57. The quantitative estimate of drug-likeness (QED) is 0.877. The highest BCUT2D eigenvalue weighted by Crippen LogP contribution is 2.56. The summed E-state index contributed by atoms with van der Waals surface area (Å²) >= 11 is 0. The van der Waals surface area contributed by atoms with E-state index in [0.29, 0.717) is 13.1 Å². The average Bonchev–Trinajstić information content (AvgIpc) is 2.94. The predicted octanol–water partition coefficient (Wildman–Crippen LogP) is 4.21. The Morgan fingerprint density at radius 3 is 2.78 bits per heavy atom. The summed E-state index contributed by atoms with van der Waals surface area (Å²) in [6, 6.07) is 6.32. The van der Waals surface area contributed by atoms with Crippen LogP contribution in [0.1, 0.15) is 36.8 Å². The van der Waals surface area contributed by atoms with Crippen LogP contribution >= 0.6 is 0 Å². The number of likely N-dealkylation sites (tertiary alicyclic amines) is 1. The molecule has 1 unspecified atom stereocenters. The summed E-state index contributed by atoms with van der Waals surface area (Å²) in [6.07, 6.45) is -0.322. The van der Waals surface area contributed by atoms with E-state index >= 15 is 0 Å². The van der Waals surface area contributed by atoms with Crippen molar-refractivity contribution in [2.45, 2.75) is 44.8 Å². The Labute approximate surface area is 135 Å². The fourth-order valence-electron chi connectivity index (χ4n) is 4.82. The highest BCUT2D eigenvalue weighted by atomic mass is 19.4. The average molecular weight is 324 g/mol. The number of benzene rings is 1. The minimum absolute atomic E-state index is 0.256. The van der Waals surface area contributed by atoms with Gasteiger partial charge in [-0.25, -0.2) is 0 Å². The van der Waals surface area contributed by atoms with Gasteiger partial charge in [0.1, 0.15) is 0 Å². The Hall–Kier alpha value is -1.23. The highest BCUT2D eigenvalue weighted by molar-refractivity contribution is 5.61. The molecule has 2 nitrogen and oxygen atoms in total. The maximum atomic E-state index is 13.4. The smallest absolute Gasteiger partial charge is 0.384 e. The zero-order valence-corrected chi connectivity index (χ0v) is 13.3. The summed E-state index contributed by atoms with van der Waals surface area (Å²) in [5.41, 5.74) is 3.28. The number of hydrogen-bond donors (Lipinski definition) is 1. The molecule has 0 radical (unpaired) electrons. The van der Waals surface area contributed by atoms with Crippen molar-refractivity contribution >= 4 is 5.69 Å². The lowest BCUT2D eigenvalue weighted by atomic mass is 9.58. The number of para-hydroxylation sites is 1. The van der Waals surface area contributed by atoms with Gasteiger partial charge in [0.25, 0.3) is 0 Å². The molecule has 1 saturated carbocycles. The first-order valence-electron chi connectivity index (χ1n) is 8.62. The standard InChI is InChI=1S/C18H23F3N2/c19-18(20,21)15-6-10-23(12-17(15)7-2-8-17)11-14-4-1-3-13-5-9-22-16(13)14/h1,3-4,15,22H,2,5-12H2. The molecule has 23 heavy (non-hydrogen) atoms. The minimum atomic E-state index is -4.04. The zero-order valence-electron chi connectivity index (χ0n) is 13.3. The zero-order chi connectivity index (χ0) is 16.1. The van der Waals surface area contributed by atoms with Gasteiger partial charge in [-0.2, -0.15) is 13.2 Å². The first-order valence-corrected chi connectivity index (χ1v) is 8.62. The third-order valence-corrected chi connectivity index (χ3v) is 6.08. The van der Waals surface area contributed by atoms with E-state index in [1.807, 2.05) is 0 Å². The summed E-state index contributed by atoms with van der Waals surface area (Å²) in [4.78, 5) is 2.25. The Bertz CT molecular complexity index is 592. The third-order valence-electron chi connectivity index (χ3n) is 6.08. The van der Waals surface area contributed by atoms with Crippen LogP contribution in [0.15, 0.2) is 18.2 Å². The number of nitrogens with zero attached hydrogens (tertiary/aromatic N) is 1. The monoisotopic (exact) mass is 324 g/mol. The Balaban J connectivity index is 1.51. The van der Waals surface area contributed by atoms with Gasteiger partial charge in [-0.1, -0.05) is 24.6 Å². The van der Waals surface area contributed by atoms with Crippen LogP contribution in [-0.2, 0) is 13.0 Å². The molecule has 2 heterocycles. The predicted molar refractivity (Wildman–Crippen MR) is 84.4 cm³/mol. The lowest BCUT2D eigenvalue weighted by Gasteiger charge is -2.54. The molecule has 126 valence electrons. The first-order chi connectivity index (χ1) is 11.0. The van der Waals surface area contributed by atoms with Crippen molar-refractivity contribution in [2.24, 2.45) is 11.3 Å². The Morgan fingerprint density at radius 1 is 1.26 bits per heavy atom. The second-order valence-electron chi connectivity index (χ2n) is 7.44. The summed E-state index contributed by atoms with van der Waals surface area (Å²) in [7, 11) is 0. The van der Waals surface area contributed by atoms with Crippen LogP contribution < -0.4 is 5.32 Å². The van der Waals surface area contributed by atoms with Crippen molar-refractivity contribution in [3.8, 4) is 0 Å². The molecule has 1 N–H and O–H groups in total. The Morgan fingerprint density at radius 2 is 2.09 bits per heavy atom. The van der Waals surface area contributed by atoms with E-state index in [1.54, 1.807) is 0 Å². The fourth-order valence-corrected chi connectivity index (χ4v) is 4.82. The number of anilines is 1. The molecule has 1 aromatic rings. The topological polar surface area (TPSA) is 15.3 Å². The summed E-state index contributed by atoms with van der Waals surface area (Å²) < 4.78 is 40.1. The van der Waals surface area contributed by atoms with Crippen LogP contribution in [0.5, 0.6) is 0 Å². The first kappa shape index (κ1) is 15.3. The van der Waals surface area contributed by atoms with Gasteiger partial charge in [-0.15, -0.1) is 0 Å². The number of piperidine rings is 1. The number of rotatable bonds is 2. The molecule has 0 amide bonds. The SMILES string of the molecule is FC(F)(F)C1CCN(Cc2cccc3c2NCC3)CC12CCC2. The van der Waals surface area contributed by atoms with Crippen LogP contribution in [0.3, 0.4) is 0 Å². The molecule has 1 spiro atoms. The largest absolute Gasteiger partial charge is 0.392 e. The number of nitrogens with one attached hydrogen (secondary N) is 1. The molecule has 0 aromatic heterocycles. The molecular weight excluding hydrogens is 301 g/mol. The number of alkyl halides is 3. The van der Waals surface area contributed by atoms with E-state index < -0.39 is 17.5 Å². The summed E-state index contributed by atoms with van der Waals surface area (Å²) in [5.74, 6) is -1.10. The molecule has 2 fully saturated rings. The second-order valence-corrected chi connectivity index (χ2v) is 7.44. The number of hydrogen-bond acceptors (Lipinski definition) is 2. The van der Waals surface area contributed by atoms with Crippen molar-refractivity contribution in [3.63, 3.8) is 0 Å². The fraction of sp³-hybridized carbons (Fsp3) is 0.667. The molecule has 4 rings (SSSR count). The van der Waals surface area contributed by atoms with Crippen molar-refractivity contribution < 1.29 is 13.2 Å². The lowest BCUT2D eigenvalue weighted by molar-refractivity contribution is -0.238. The summed E-state index contributed by atoms with van der Waals surface area (Å²) in [5, 5.41) is 3.43. The molecule has 3 aliphatic rings. The van der Waals surface area contributed by atoms with E-state index in [1.165, 1.54) is 16.8 Å². The minimum Gasteiger partial charge on any atom is -0.384 e. The number of halogens is 3. The van der Waals surface area contributed by atoms with E-state index in [4.69, 9.17) is 0 Å². The van der Waals surface area contributed by atoms with E-state index in [9.17, 15) is 13.2 Å². The van der Waals surface area contributed by atoms with Crippen LogP contribution in [0, 0.1) is 11.3 Å². The molecule has 1 atom stereocenters. The molecule has 1 aliphatic carbocycles. The molecule has 1 saturated heterocycles. The van der Waals surface area contributed by atoms with Gasteiger partial charge in [0.2, 0.25) is 0 Å². The Kier molecular flexibility index (Phi) is 3.59.